The molecule has 1 aromatic rings. The van der Waals surface area contributed by atoms with Crippen LogP contribution in [0.5, 0.6) is 0 Å². The summed E-state index contributed by atoms with van der Waals surface area (Å²) in [6, 6.07) is 5.42. The van der Waals surface area contributed by atoms with Crippen molar-refractivity contribution in [2.45, 2.75) is 24.4 Å². The Morgan fingerprint density at radius 2 is 1.84 bits per heavy atom. The van der Waals surface area contributed by atoms with Gasteiger partial charge in [-0.2, -0.15) is 13.2 Å². The molecule has 0 radical (unpaired) electrons. The van der Waals surface area contributed by atoms with E-state index in [0.717, 1.165) is 22.4 Å². The second-order valence-corrected chi connectivity index (χ2v) is 5.55. The summed E-state index contributed by atoms with van der Waals surface area (Å²) in [5.41, 5.74) is 2.03. The average Bonchev–Trinajstić information content (AvgIpc) is 2.59. The molecule has 1 aliphatic heterocycles. The maximum atomic E-state index is 12.5. The predicted molar refractivity (Wildman–Crippen MR) is 64.2 cm³/mol. The van der Waals surface area contributed by atoms with Gasteiger partial charge in [-0.05, 0) is 29.7 Å². The van der Waals surface area contributed by atoms with Crippen molar-refractivity contribution in [3.05, 3.63) is 34.3 Å². The third-order valence-corrected chi connectivity index (χ3v) is 4.14. The van der Waals surface area contributed by atoms with Gasteiger partial charge in [0.15, 0.2) is 0 Å². The van der Waals surface area contributed by atoms with Crippen LogP contribution in [0.15, 0.2) is 18.2 Å². The topological polar surface area (TPSA) is 20.3 Å². The molecular weight excluding hydrogens is 279 g/mol. The van der Waals surface area contributed by atoms with Gasteiger partial charge in [-0.15, -0.1) is 0 Å². The third kappa shape index (κ3) is 2.10. The molecule has 1 saturated heterocycles. The minimum Gasteiger partial charge on any atom is -0.334 e. The van der Waals surface area contributed by atoms with Gasteiger partial charge in [-0.25, -0.2) is 0 Å². The molecule has 2 unspecified atom stereocenters. The van der Waals surface area contributed by atoms with Crippen molar-refractivity contribution in [2.24, 2.45) is 0 Å². The van der Waals surface area contributed by atoms with E-state index in [2.05, 4.69) is 0 Å². The van der Waals surface area contributed by atoms with Gasteiger partial charge in [0.1, 0.15) is 0 Å². The van der Waals surface area contributed by atoms with Crippen LogP contribution >= 0.6 is 11.6 Å². The summed E-state index contributed by atoms with van der Waals surface area (Å²) < 4.78 is 37.5. The van der Waals surface area contributed by atoms with Crippen LogP contribution in [0.2, 0.25) is 5.02 Å². The Hall–Kier alpha value is -1.23. The Labute approximate surface area is 113 Å². The number of halogens is 4. The quantitative estimate of drug-likeness (QED) is 0.717. The first kappa shape index (κ1) is 12.8. The number of hydrogen-bond donors (Lipinski definition) is 0. The largest absolute Gasteiger partial charge is 0.471 e. The lowest BCUT2D eigenvalue weighted by Gasteiger charge is -2.32. The van der Waals surface area contributed by atoms with Crippen LogP contribution < -0.4 is 0 Å². The van der Waals surface area contributed by atoms with Crippen molar-refractivity contribution in [2.75, 3.05) is 13.1 Å². The molecule has 2 aliphatic rings. The lowest BCUT2D eigenvalue weighted by molar-refractivity contribution is -0.186. The number of piperidine rings is 1. The van der Waals surface area contributed by atoms with E-state index in [1.54, 1.807) is 6.07 Å². The minimum atomic E-state index is -4.79. The van der Waals surface area contributed by atoms with E-state index >= 15 is 0 Å². The van der Waals surface area contributed by atoms with Crippen LogP contribution in [-0.2, 0) is 4.79 Å². The van der Waals surface area contributed by atoms with E-state index in [1.807, 2.05) is 12.1 Å². The van der Waals surface area contributed by atoms with Gasteiger partial charge in [0, 0.05) is 29.9 Å². The monoisotopic (exact) mass is 289 g/mol. The Morgan fingerprint density at radius 3 is 2.47 bits per heavy atom. The van der Waals surface area contributed by atoms with Gasteiger partial charge in [-0.3, -0.25) is 4.79 Å². The maximum Gasteiger partial charge on any atom is 0.471 e. The van der Waals surface area contributed by atoms with E-state index < -0.39 is 12.1 Å². The van der Waals surface area contributed by atoms with Crippen molar-refractivity contribution in [1.29, 1.82) is 0 Å². The van der Waals surface area contributed by atoms with Crippen LogP contribution in [0.1, 0.15) is 29.4 Å². The van der Waals surface area contributed by atoms with Crippen LogP contribution in [0.25, 0.3) is 0 Å². The number of hydrogen-bond acceptors (Lipinski definition) is 1. The molecule has 6 heteroatoms. The lowest BCUT2D eigenvalue weighted by Crippen LogP contribution is -2.46. The van der Waals surface area contributed by atoms with Gasteiger partial charge in [0.25, 0.3) is 0 Å². The molecule has 2 nitrogen and oxygen atoms in total. The van der Waals surface area contributed by atoms with E-state index in [0.29, 0.717) is 5.02 Å². The molecule has 1 amide bonds. The number of carbonyl (C=O) groups excluding carboxylic acids is 1. The molecule has 102 valence electrons. The molecule has 19 heavy (non-hydrogen) atoms. The fraction of sp³-hybridized carbons (Fsp3) is 0.462. The highest BCUT2D eigenvalue weighted by molar-refractivity contribution is 6.30. The van der Waals surface area contributed by atoms with Crippen LogP contribution in [0.4, 0.5) is 13.2 Å². The van der Waals surface area contributed by atoms with Gasteiger partial charge in [0.05, 0.1) is 0 Å². The first-order valence-electron chi connectivity index (χ1n) is 6.01. The SMILES string of the molecule is O=C(N1CC2CC(C1)c1cc(Cl)ccc12)C(F)(F)F. The Morgan fingerprint density at radius 1 is 1.21 bits per heavy atom. The number of amides is 1. The Kier molecular flexibility index (Phi) is 2.78. The standard InChI is InChI=1S/C13H11ClF3NO/c14-9-1-2-10-7-3-8(11(10)4-9)6-18(5-7)12(19)13(15,16)17/h1-2,4,7-8H,3,5-6H2. The van der Waals surface area contributed by atoms with E-state index in [4.69, 9.17) is 11.6 Å². The molecule has 0 N–H and O–H groups in total. The van der Waals surface area contributed by atoms with Crippen LogP contribution in [0.3, 0.4) is 0 Å². The highest BCUT2D eigenvalue weighted by Gasteiger charge is 2.47. The number of benzene rings is 1. The van der Waals surface area contributed by atoms with E-state index in [1.165, 1.54) is 0 Å². The van der Waals surface area contributed by atoms with Crippen molar-refractivity contribution in [3.8, 4) is 0 Å². The van der Waals surface area contributed by atoms with Crippen molar-refractivity contribution < 1.29 is 18.0 Å². The zero-order valence-corrected chi connectivity index (χ0v) is 10.6. The first-order valence-corrected chi connectivity index (χ1v) is 6.39. The van der Waals surface area contributed by atoms with Gasteiger partial charge < -0.3 is 4.90 Å². The highest BCUT2D eigenvalue weighted by Crippen LogP contribution is 2.47. The fourth-order valence-electron chi connectivity index (χ4n) is 3.17. The smallest absolute Gasteiger partial charge is 0.334 e. The number of likely N-dealkylation sites (tertiary alicyclic amines) is 1. The number of carbonyl (C=O) groups is 1. The first-order chi connectivity index (χ1) is 8.86. The van der Waals surface area contributed by atoms with Gasteiger partial charge in [-0.1, -0.05) is 17.7 Å². The summed E-state index contributed by atoms with van der Waals surface area (Å²) in [5.74, 6) is -1.77. The average molecular weight is 290 g/mol. The maximum absolute atomic E-state index is 12.5. The second-order valence-electron chi connectivity index (χ2n) is 5.11. The summed E-state index contributed by atoms with van der Waals surface area (Å²) in [7, 11) is 0. The lowest BCUT2D eigenvalue weighted by atomic mass is 9.96. The van der Waals surface area contributed by atoms with E-state index in [9.17, 15) is 18.0 Å². The van der Waals surface area contributed by atoms with Gasteiger partial charge >= 0.3 is 12.1 Å². The molecule has 1 aromatic carbocycles. The summed E-state index contributed by atoms with van der Waals surface area (Å²) >= 11 is 5.92. The highest BCUT2D eigenvalue weighted by atomic mass is 35.5. The van der Waals surface area contributed by atoms with Gasteiger partial charge in [0.2, 0.25) is 0 Å². The molecule has 2 atom stereocenters. The molecular formula is C13H11ClF3NO. The fourth-order valence-corrected chi connectivity index (χ4v) is 3.35. The zero-order valence-electron chi connectivity index (χ0n) is 9.88. The van der Waals surface area contributed by atoms with Crippen molar-refractivity contribution in [1.82, 2.24) is 4.90 Å². The summed E-state index contributed by atoms with van der Waals surface area (Å²) in [4.78, 5) is 12.3. The van der Waals surface area contributed by atoms with Crippen LogP contribution in [0, 0.1) is 0 Å². The minimum absolute atomic E-state index is 0.00248. The van der Waals surface area contributed by atoms with Crippen molar-refractivity contribution in [3.63, 3.8) is 0 Å². The summed E-state index contributed by atoms with van der Waals surface area (Å²) in [6.45, 7) is 0.270. The normalized spacial score (nSPS) is 25.4. The molecule has 3 rings (SSSR count). The number of fused-ring (bicyclic) bond motifs is 5. The molecule has 1 aliphatic carbocycles. The number of alkyl halides is 3. The van der Waals surface area contributed by atoms with E-state index in [-0.39, 0.29) is 24.9 Å². The third-order valence-electron chi connectivity index (χ3n) is 3.91. The zero-order chi connectivity index (χ0) is 13.8. The molecule has 0 aromatic heterocycles. The van der Waals surface area contributed by atoms with Crippen molar-refractivity contribution >= 4 is 17.5 Å². The summed E-state index contributed by atoms with van der Waals surface area (Å²) in [6.07, 6.45) is -3.99. The predicted octanol–water partition coefficient (Wildman–Crippen LogP) is 3.32. The molecule has 1 heterocycles. The number of nitrogens with zero attached hydrogens (tertiary/aromatic N) is 1. The summed E-state index contributed by atoms with van der Waals surface area (Å²) in [5, 5.41) is 0.583. The second kappa shape index (κ2) is 4.13. The van der Waals surface area contributed by atoms with Crippen LogP contribution in [-0.4, -0.2) is 30.1 Å². The Balaban J connectivity index is 1.89. The molecule has 0 saturated carbocycles. The number of rotatable bonds is 0. The molecule has 1 fully saturated rings. The molecule has 2 bridgehead atoms. The Bertz CT molecular complexity index is 543. The molecule has 0 spiro atoms.